The monoisotopic (exact) mass is 352 g/mol. The predicted molar refractivity (Wildman–Crippen MR) is 89.9 cm³/mol. The summed E-state index contributed by atoms with van der Waals surface area (Å²) in [6.07, 6.45) is 2.29. The Bertz CT molecular complexity index is 504. The van der Waals surface area contributed by atoms with E-state index in [0.717, 1.165) is 50.9 Å². The topological polar surface area (TPSA) is 24.5 Å². The molecule has 0 aromatic heterocycles. The molecule has 0 saturated carbocycles. The fourth-order valence-electron chi connectivity index (χ4n) is 3.47. The van der Waals surface area contributed by atoms with E-state index < -0.39 is 0 Å². The summed E-state index contributed by atoms with van der Waals surface area (Å²) in [6, 6.07) is 5.07. The molecule has 2 aliphatic rings. The van der Waals surface area contributed by atoms with Gasteiger partial charge in [-0.2, -0.15) is 0 Å². The Kier molecular flexibility index (Phi) is 4.87. The average Bonchev–Trinajstić information content (AvgIpc) is 2.88. The van der Waals surface area contributed by atoms with Gasteiger partial charge in [0.25, 0.3) is 0 Å². The molecule has 1 aromatic carbocycles. The summed E-state index contributed by atoms with van der Waals surface area (Å²) >= 11 is 3.65. The summed E-state index contributed by atoms with van der Waals surface area (Å²) in [4.78, 5) is 2.63. The van der Waals surface area contributed by atoms with Gasteiger partial charge in [-0.3, -0.25) is 4.90 Å². The fraction of sp³-hybridized carbons (Fsp3) is 0.647. The molecule has 2 aliphatic heterocycles. The summed E-state index contributed by atoms with van der Waals surface area (Å²) in [5.74, 6) is 1.88. The third kappa shape index (κ3) is 3.61. The van der Waals surface area contributed by atoms with Crippen molar-refractivity contribution in [1.29, 1.82) is 0 Å². The first kappa shape index (κ1) is 15.3. The van der Waals surface area contributed by atoms with Crippen LogP contribution in [0.25, 0.3) is 0 Å². The van der Waals surface area contributed by atoms with E-state index in [4.69, 9.17) is 4.74 Å². The Morgan fingerprint density at radius 1 is 1.43 bits per heavy atom. The maximum absolute atomic E-state index is 5.88. The molecule has 4 heteroatoms. The summed E-state index contributed by atoms with van der Waals surface area (Å²) in [6.45, 7) is 9.77. The minimum atomic E-state index is 0.634. The molecule has 116 valence electrons. The molecule has 0 amide bonds. The molecule has 0 spiro atoms. The van der Waals surface area contributed by atoms with Crippen LogP contribution in [0.4, 0.5) is 0 Å². The molecule has 0 radical (unpaired) electrons. The van der Waals surface area contributed by atoms with Gasteiger partial charge in [0.05, 0.1) is 6.61 Å². The maximum atomic E-state index is 5.88. The van der Waals surface area contributed by atoms with Crippen LogP contribution in [0, 0.1) is 5.92 Å². The van der Waals surface area contributed by atoms with Crippen molar-refractivity contribution in [1.82, 2.24) is 10.2 Å². The zero-order valence-corrected chi connectivity index (χ0v) is 14.6. The predicted octanol–water partition coefficient (Wildman–Crippen LogP) is 3.20. The van der Waals surface area contributed by atoms with Crippen LogP contribution in [0.5, 0.6) is 5.75 Å². The van der Waals surface area contributed by atoms with Crippen LogP contribution in [0.15, 0.2) is 16.6 Å². The summed E-state index contributed by atoms with van der Waals surface area (Å²) in [5.41, 5.74) is 2.70. The van der Waals surface area contributed by atoms with Crippen molar-refractivity contribution in [3.05, 3.63) is 27.7 Å². The largest absolute Gasteiger partial charge is 0.493 e. The second-order valence-corrected chi connectivity index (χ2v) is 7.53. The van der Waals surface area contributed by atoms with Crippen LogP contribution in [-0.2, 0) is 13.0 Å². The van der Waals surface area contributed by atoms with E-state index in [1.54, 1.807) is 0 Å². The number of piperazine rings is 1. The molecule has 21 heavy (non-hydrogen) atoms. The Hall–Kier alpha value is -0.580. The van der Waals surface area contributed by atoms with Crippen molar-refractivity contribution in [2.45, 2.75) is 39.3 Å². The van der Waals surface area contributed by atoms with Gasteiger partial charge < -0.3 is 10.1 Å². The van der Waals surface area contributed by atoms with Crippen LogP contribution in [0.1, 0.15) is 31.4 Å². The van der Waals surface area contributed by atoms with E-state index in [2.05, 4.69) is 52.1 Å². The summed E-state index contributed by atoms with van der Waals surface area (Å²) in [7, 11) is 0. The Labute approximate surface area is 136 Å². The molecule has 1 saturated heterocycles. The van der Waals surface area contributed by atoms with Gasteiger partial charge in [-0.25, -0.2) is 0 Å². The first-order valence-electron chi connectivity index (χ1n) is 8.02. The molecular formula is C17H25BrN2O. The SMILES string of the molecule is CC(C)CC1CNCCN1Cc1cc(Br)cc2c1OCC2. The first-order chi connectivity index (χ1) is 10.1. The van der Waals surface area contributed by atoms with Gasteiger partial charge >= 0.3 is 0 Å². The van der Waals surface area contributed by atoms with Crippen molar-refractivity contribution in [3.8, 4) is 5.75 Å². The number of nitrogens with one attached hydrogen (secondary N) is 1. The number of nitrogens with zero attached hydrogens (tertiary/aromatic N) is 1. The second-order valence-electron chi connectivity index (χ2n) is 6.61. The Morgan fingerprint density at radius 2 is 2.29 bits per heavy atom. The highest BCUT2D eigenvalue weighted by atomic mass is 79.9. The normalized spacial score (nSPS) is 22.4. The molecule has 1 aromatic rings. The van der Waals surface area contributed by atoms with Crippen LogP contribution >= 0.6 is 15.9 Å². The quantitative estimate of drug-likeness (QED) is 0.900. The Morgan fingerprint density at radius 3 is 3.10 bits per heavy atom. The third-order valence-corrected chi connectivity index (χ3v) is 4.87. The van der Waals surface area contributed by atoms with Gasteiger partial charge in [-0.1, -0.05) is 29.8 Å². The number of halogens is 1. The molecule has 0 bridgehead atoms. The van der Waals surface area contributed by atoms with Gasteiger partial charge in [-0.15, -0.1) is 0 Å². The zero-order chi connectivity index (χ0) is 14.8. The molecule has 3 rings (SSSR count). The standard InChI is InChI=1S/C17H25BrN2O/c1-12(2)7-16-10-19-4-5-20(16)11-14-9-15(18)8-13-3-6-21-17(13)14/h8-9,12,16,19H,3-7,10-11H2,1-2H3. The van der Waals surface area contributed by atoms with Crippen LogP contribution in [-0.4, -0.2) is 37.2 Å². The van der Waals surface area contributed by atoms with Gasteiger partial charge in [0, 0.05) is 48.7 Å². The molecule has 1 fully saturated rings. The maximum Gasteiger partial charge on any atom is 0.127 e. The van der Waals surface area contributed by atoms with Crippen molar-refractivity contribution in [3.63, 3.8) is 0 Å². The van der Waals surface area contributed by atoms with E-state index in [-0.39, 0.29) is 0 Å². The van der Waals surface area contributed by atoms with E-state index in [9.17, 15) is 0 Å². The number of ether oxygens (including phenoxy) is 1. The number of benzene rings is 1. The van der Waals surface area contributed by atoms with E-state index >= 15 is 0 Å². The van der Waals surface area contributed by atoms with Crippen molar-refractivity contribution < 1.29 is 4.74 Å². The van der Waals surface area contributed by atoms with Crippen LogP contribution in [0.3, 0.4) is 0 Å². The molecule has 1 unspecified atom stereocenters. The Balaban J connectivity index is 1.78. The number of rotatable bonds is 4. The molecule has 3 nitrogen and oxygen atoms in total. The molecule has 0 aliphatic carbocycles. The average molecular weight is 353 g/mol. The lowest BCUT2D eigenvalue weighted by molar-refractivity contribution is 0.133. The van der Waals surface area contributed by atoms with Gasteiger partial charge in [-0.05, 0) is 30.0 Å². The zero-order valence-electron chi connectivity index (χ0n) is 13.0. The highest BCUT2D eigenvalue weighted by Crippen LogP contribution is 2.34. The molecule has 2 heterocycles. The molecule has 1 N–H and O–H groups in total. The van der Waals surface area contributed by atoms with Gasteiger partial charge in [0.15, 0.2) is 0 Å². The van der Waals surface area contributed by atoms with Crippen molar-refractivity contribution in [2.75, 3.05) is 26.2 Å². The lowest BCUT2D eigenvalue weighted by Crippen LogP contribution is -2.51. The van der Waals surface area contributed by atoms with Gasteiger partial charge in [0.1, 0.15) is 5.75 Å². The lowest BCUT2D eigenvalue weighted by atomic mass is 9.99. The summed E-state index contributed by atoms with van der Waals surface area (Å²) in [5, 5.41) is 3.54. The fourth-order valence-corrected chi connectivity index (χ4v) is 4.02. The minimum Gasteiger partial charge on any atom is -0.493 e. The van der Waals surface area contributed by atoms with E-state index in [0.29, 0.717) is 6.04 Å². The number of hydrogen-bond donors (Lipinski definition) is 1. The number of hydrogen-bond acceptors (Lipinski definition) is 3. The lowest BCUT2D eigenvalue weighted by Gasteiger charge is -2.37. The van der Waals surface area contributed by atoms with E-state index in [1.165, 1.54) is 22.0 Å². The highest BCUT2D eigenvalue weighted by molar-refractivity contribution is 9.10. The smallest absolute Gasteiger partial charge is 0.127 e. The second kappa shape index (κ2) is 6.67. The van der Waals surface area contributed by atoms with Crippen LogP contribution < -0.4 is 10.1 Å². The summed E-state index contributed by atoms with van der Waals surface area (Å²) < 4.78 is 7.06. The third-order valence-electron chi connectivity index (χ3n) is 4.41. The first-order valence-corrected chi connectivity index (χ1v) is 8.81. The number of fused-ring (bicyclic) bond motifs is 1. The highest BCUT2D eigenvalue weighted by Gasteiger charge is 2.25. The van der Waals surface area contributed by atoms with Crippen molar-refractivity contribution in [2.24, 2.45) is 5.92 Å². The minimum absolute atomic E-state index is 0.634. The van der Waals surface area contributed by atoms with Crippen LogP contribution in [0.2, 0.25) is 0 Å². The molecular weight excluding hydrogens is 328 g/mol. The van der Waals surface area contributed by atoms with Crippen molar-refractivity contribution >= 4 is 15.9 Å². The van der Waals surface area contributed by atoms with E-state index in [1.807, 2.05) is 0 Å². The molecule has 1 atom stereocenters. The van der Waals surface area contributed by atoms with Gasteiger partial charge in [0.2, 0.25) is 0 Å².